The van der Waals surface area contributed by atoms with Crippen LogP contribution in [0.15, 0.2) is 237 Å². The fraction of sp³-hybridized carbons (Fsp3) is 0.0290. The van der Waals surface area contributed by atoms with E-state index in [1.165, 1.54) is 0 Å². The third-order valence-electron chi connectivity index (χ3n) is 15.8. The van der Waals surface area contributed by atoms with Gasteiger partial charge in [0.15, 0.2) is 0 Å². The van der Waals surface area contributed by atoms with E-state index in [9.17, 15) is 18.4 Å². The summed E-state index contributed by atoms with van der Waals surface area (Å²) in [5.74, 6) is 0. The highest BCUT2D eigenvalue weighted by Gasteiger charge is 2.39. The summed E-state index contributed by atoms with van der Waals surface area (Å²) in [6, 6.07) is 75.5. The third kappa shape index (κ3) is 7.05. The van der Waals surface area contributed by atoms with Gasteiger partial charge in [-0.15, -0.1) is 0 Å². The summed E-state index contributed by atoms with van der Waals surface area (Å²) < 4.78 is 98.5. The van der Waals surface area contributed by atoms with Crippen molar-refractivity contribution in [2.45, 2.75) is 12.4 Å². The van der Waals surface area contributed by atoms with Gasteiger partial charge < -0.3 is 18.3 Å². The van der Waals surface area contributed by atoms with Crippen molar-refractivity contribution < 1.29 is 26.3 Å². The van der Waals surface area contributed by atoms with E-state index in [-0.39, 0.29) is 22.8 Å². The summed E-state index contributed by atoms with van der Waals surface area (Å²) in [4.78, 5) is 0. The molecule has 5 nitrogen and oxygen atoms in total. The van der Waals surface area contributed by atoms with Crippen LogP contribution in [0.3, 0.4) is 0 Å². The Labute approximate surface area is 451 Å². The molecule has 4 heterocycles. The van der Waals surface area contributed by atoms with Gasteiger partial charge in [0.05, 0.1) is 72.6 Å². The molecule has 4 aromatic heterocycles. The maximum atomic E-state index is 15.6. The highest BCUT2D eigenvalue weighted by atomic mass is 19.4. The van der Waals surface area contributed by atoms with Gasteiger partial charge in [0.1, 0.15) is 0 Å². The number of fused-ring (bicyclic) bond motifs is 12. The van der Waals surface area contributed by atoms with Crippen LogP contribution in [0.4, 0.5) is 26.3 Å². The van der Waals surface area contributed by atoms with Crippen LogP contribution in [-0.4, -0.2) is 18.3 Å². The zero-order valence-electron chi connectivity index (χ0n) is 42.0. The first-order valence-electron chi connectivity index (χ1n) is 25.9. The van der Waals surface area contributed by atoms with Crippen LogP contribution in [0.1, 0.15) is 16.7 Å². The van der Waals surface area contributed by atoms with Crippen molar-refractivity contribution >= 4 is 87.2 Å². The monoisotopic (exact) mass is 1050 g/mol. The number of hydrogen-bond donors (Lipinski definition) is 0. The lowest BCUT2D eigenvalue weighted by Crippen LogP contribution is -2.12. The zero-order chi connectivity index (χ0) is 54.2. The summed E-state index contributed by atoms with van der Waals surface area (Å²) in [6.45, 7) is 0. The number of rotatable bonds is 6. The number of halogens is 6. The first-order chi connectivity index (χ1) is 38.9. The van der Waals surface area contributed by atoms with Crippen LogP contribution in [0.25, 0.3) is 132 Å². The molecule has 15 aromatic rings. The highest BCUT2D eigenvalue weighted by molar-refractivity contribution is 6.21. The molecule has 0 saturated carbocycles. The van der Waals surface area contributed by atoms with Crippen LogP contribution < -0.4 is 0 Å². The van der Waals surface area contributed by atoms with Gasteiger partial charge >= 0.3 is 12.4 Å². The summed E-state index contributed by atoms with van der Waals surface area (Å²) in [5.41, 5.74) is 7.66. The summed E-state index contributed by atoms with van der Waals surface area (Å²) in [6.07, 6.45) is -10.3. The van der Waals surface area contributed by atoms with E-state index in [1.54, 1.807) is 24.3 Å². The van der Waals surface area contributed by atoms with E-state index in [2.05, 4.69) is 103 Å². The van der Waals surface area contributed by atoms with Gasteiger partial charge in [0, 0.05) is 65.7 Å². The molecule has 11 aromatic carbocycles. The molecule has 0 spiro atoms. The molecule has 80 heavy (non-hydrogen) atoms. The summed E-state index contributed by atoms with van der Waals surface area (Å²) in [7, 11) is 0. The molecule has 0 aliphatic heterocycles. The molecule has 0 saturated heterocycles. The van der Waals surface area contributed by atoms with Crippen LogP contribution >= 0.6 is 0 Å². The molecule has 0 fully saturated rings. The fourth-order valence-electron chi connectivity index (χ4n) is 12.4. The minimum absolute atomic E-state index is 0.0193. The minimum Gasteiger partial charge on any atom is -0.309 e. The van der Waals surface area contributed by atoms with Gasteiger partial charge in [-0.1, -0.05) is 121 Å². The number of aromatic nitrogens is 4. The van der Waals surface area contributed by atoms with Gasteiger partial charge in [0.25, 0.3) is 0 Å². The predicted molar refractivity (Wildman–Crippen MR) is 309 cm³/mol. The van der Waals surface area contributed by atoms with Gasteiger partial charge in [-0.3, -0.25) is 0 Å². The quantitative estimate of drug-likeness (QED) is 0.153. The van der Waals surface area contributed by atoms with E-state index >= 15 is 13.2 Å². The van der Waals surface area contributed by atoms with Crippen molar-refractivity contribution in [2.75, 3.05) is 0 Å². The van der Waals surface area contributed by atoms with Crippen molar-refractivity contribution in [3.63, 3.8) is 0 Å². The molecule has 0 N–H and O–H groups in total. The average molecular weight is 1050 g/mol. The predicted octanol–water partition coefficient (Wildman–Crippen LogP) is 19.3. The number of benzene rings is 11. The smallest absolute Gasteiger partial charge is 0.309 e. The van der Waals surface area contributed by atoms with Gasteiger partial charge in [-0.25, -0.2) is 0 Å². The van der Waals surface area contributed by atoms with Crippen LogP contribution in [0.5, 0.6) is 0 Å². The number of nitrogens with zero attached hydrogens (tertiary/aromatic N) is 5. The van der Waals surface area contributed by atoms with E-state index in [0.717, 1.165) is 105 Å². The van der Waals surface area contributed by atoms with Crippen molar-refractivity contribution in [2.24, 2.45) is 0 Å². The lowest BCUT2D eigenvalue weighted by molar-refractivity contribution is -0.142. The van der Waals surface area contributed by atoms with E-state index in [1.807, 2.05) is 115 Å². The second-order valence-electron chi connectivity index (χ2n) is 20.2. The molecule has 0 bridgehead atoms. The average Bonchev–Trinajstić information content (AvgIpc) is 4.37. The summed E-state index contributed by atoms with van der Waals surface area (Å²) in [5, 5.41) is 18.6. The van der Waals surface area contributed by atoms with Crippen LogP contribution in [0.2, 0.25) is 0 Å². The van der Waals surface area contributed by atoms with Gasteiger partial charge in [0.2, 0.25) is 0 Å². The second kappa shape index (κ2) is 17.3. The highest BCUT2D eigenvalue weighted by Crippen LogP contribution is 2.48. The zero-order valence-corrected chi connectivity index (χ0v) is 42.0. The topological polar surface area (TPSA) is 43.5 Å². The molecule has 0 aliphatic carbocycles. The molecular weight excluding hydrogens is 1010 g/mol. The van der Waals surface area contributed by atoms with Crippen molar-refractivity contribution in [3.8, 4) is 51.1 Å². The first kappa shape index (κ1) is 46.9. The van der Waals surface area contributed by atoms with E-state index < -0.39 is 29.0 Å². The van der Waals surface area contributed by atoms with Crippen molar-refractivity contribution in [1.82, 2.24) is 18.3 Å². The Balaban J connectivity index is 1.06. The lowest BCUT2D eigenvalue weighted by atomic mass is 9.88. The van der Waals surface area contributed by atoms with Gasteiger partial charge in [-0.2, -0.15) is 31.6 Å². The van der Waals surface area contributed by atoms with E-state index in [4.69, 9.17) is 0 Å². The van der Waals surface area contributed by atoms with Crippen LogP contribution in [-0.2, 0) is 12.4 Å². The molecule has 11 heteroatoms. The standard InChI is InChI=1S/C69H39F6N5/c70-68(71,72)42-28-30-47(58(34-42)69(73,74)75)46-31-29-45(79-61-25-13-9-21-50(61)56-36-54-48-19-7-11-23-59(48)77(64(54)38-66(56)79)43-15-3-1-4-16-43)35-52(46)53-33-41(40-76)27-32-63(53)80-62-26-14-10-22-51(62)57-37-55-49-20-8-12-24-60(49)78(65(55)39-67(57)80)44-17-5-2-6-18-44/h1-39H. The Morgan fingerprint density at radius 3 is 1.18 bits per heavy atom. The Morgan fingerprint density at radius 2 is 0.713 bits per heavy atom. The minimum atomic E-state index is -5.20. The van der Waals surface area contributed by atoms with Crippen LogP contribution in [0, 0.1) is 11.3 Å². The fourth-order valence-corrected chi connectivity index (χ4v) is 12.4. The SMILES string of the molecule is N#Cc1ccc(-n2c3ccccc3c3cc4c5ccccc5n(-c5ccccc5)c4cc32)c(-c2cc(-n3c4ccccc4c4cc5c6ccccc6n(-c6ccccc6)c5cc43)ccc2-c2ccc(C(F)(F)F)cc2C(F)(F)F)c1. The molecular formula is C69H39F6N5. The van der Waals surface area contributed by atoms with Crippen molar-refractivity contribution in [3.05, 3.63) is 253 Å². The number of hydrogen-bond acceptors (Lipinski definition) is 1. The molecule has 382 valence electrons. The third-order valence-corrected chi connectivity index (χ3v) is 15.8. The normalized spacial score (nSPS) is 12.4. The molecule has 0 unspecified atom stereocenters. The Bertz CT molecular complexity index is 5110. The largest absolute Gasteiger partial charge is 0.417 e. The molecule has 0 amide bonds. The Morgan fingerprint density at radius 1 is 0.287 bits per heavy atom. The Hall–Kier alpha value is -10.3. The lowest BCUT2D eigenvalue weighted by Gasteiger charge is -2.22. The first-order valence-corrected chi connectivity index (χ1v) is 25.9. The molecule has 0 atom stereocenters. The number of para-hydroxylation sites is 6. The molecule has 0 radical (unpaired) electrons. The number of nitriles is 1. The second-order valence-corrected chi connectivity index (χ2v) is 20.2. The maximum Gasteiger partial charge on any atom is 0.417 e. The number of alkyl halides is 6. The molecule has 0 aliphatic rings. The summed E-state index contributed by atoms with van der Waals surface area (Å²) >= 11 is 0. The maximum absolute atomic E-state index is 15.6. The van der Waals surface area contributed by atoms with Crippen molar-refractivity contribution in [1.29, 1.82) is 5.26 Å². The van der Waals surface area contributed by atoms with E-state index in [0.29, 0.717) is 23.0 Å². The Kier molecular flexibility index (Phi) is 10.2. The van der Waals surface area contributed by atoms with Gasteiger partial charge in [-0.05, 0) is 132 Å². The molecule has 15 rings (SSSR count).